The molecule has 1 N–H and O–H groups in total. The number of carbonyl (C=O) groups is 1. The number of amides is 1. The Kier molecular flexibility index (Phi) is 4.31. The van der Waals surface area contributed by atoms with Crippen LogP contribution in [0.15, 0.2) is 10.5 Å². The summed E-state index contributed by atoms with van der Waals surface area (Å²) in [4.78, 5) is 21.6. The lowest BCUT2D eigenvalue weighted by Crippen LogP contribution is -2.15. The number of fused-ring (bicyclic) bond motifs is 1. The summed E-state index contributed by atoms with van der Waals surface area (Å²) in [6.07, 6.45) is -4.63. The standard InChI is InChI=1S/C14H11BrF3N5OS/c1-5-4-8(14(16,17)18)23-11(19-5)9(15)10(22-23)12(24)21-13-20-6(2)7(3)25-13/h4H,1-3H3,(H,20,21,24). The lowest BCUT2D eigenvalue weighted by Gasteiger charge is -2.09. The van der Waals surface area contributed by atoms with Gasteiger partial charge in [-0.2, -0.15) is 18.3 Å². The highest BCUT2D eigenvalue weighted by molar-refractivity contribution is 9.10. The van der Waals surface area contributed by atoms with E-state index in [1.165, 1.54) is 18.3 Å². The van der Waals surface area contributed by atoms with Crippen molar-refractivity contribution in [1.29, 1.82) is 0 Å². The highest BCUT2D eigenvalue weighted by Gasteiger charge is 2.36. The van der Waals surface area contributed by atoms with Crippen LogP contribution in [-0.4, -0.2) is 25.5 Å². The van der Waals surface area contributed by atoms with Crippen LogP contribution in [0.3, 0.4) is 0 Å². The summed E-state index contributed by atoms with van der Waals surface area (Å²) in [6, 6.07) is 0.877. The van der Waals surface area contributed by atoms with Crippen molar-refractivity contribution in [3.8, 4) is 0 Å². The minimum Gasteiger partial charge on any atom is -0.296 e. The van der Waals surface area contributed by atoms with Crippen LogP contribution in [0.5, 0.6) is 0 Å². The highest BCUT2D eigenvalue weighted by Crippen LogP contribution is 2.32. The summed E-state index contributed by atoms with van der Waals surface area (Å²) in [5.41, 5.74) is -0.349. The molecule has 0 spiro atoms. The third kappa shape index (κ3) is 3.25. The highest BCUT2D eigenvalue weighted by atomic mass is 79.9. The van der Waals surface area contributed by atoms with Crippen LogP contribution in [0, 0.1) is 20.8 Å². The minimum absolute atomic E-state index is 0.0797. The Hall–Kier alpha value is -2.01. The molecule has 0 saturated carbocycles. The molecule has 0 bridgehead atoms. The largest absolute Gasteiger partial charge is 0.433 e. The van der Waals surface area contributed by atoms with E-state index in [1.807, 2.05) is 6.92 Å². The Morgan fingerprint density at radius 2 is 1.96 bits per heavy atom. The zero-order chi connectivity index (χ0) is 18.5. The number of anilines is 1. The number of alkyl halides is 3. The molecule has 3 aromatic heterocycles. The van der Waals surface area contributed by atoms with Crippen molar-refractivity contribution < 1.29 is 18.0 Å². The van der Waals surface area contributed by atoms with Gasteiger partial charge in [0.2, 0.25) is 0 Å². The van der Waals surface area contributed by atoms with Gasteiger partial charge in [-0.25, -0.2) is 14.5 Å². The van der Waals surface area contributed by atoms with Crippen LogP contribution in [0.1, 0.15) is 32.4 Å². The first-order valence-electron chi connectivity index (χ1n) is 6.96. The molecule has 3 heterocycles. The van der Waals surface area contributed by atoms with Crippen LogP contribution in [0.4, 0.5) is 18.3 Å². The zero-order valence-electron chi connectivity index (χ0n) is 13.2. The van der Waals surface area contributed by atoms with Gasteiger partial charge in [-0.15, -0.1) is 11.3 Å². The molecule has 25 heavy (non-hydrogen) atoms. The van der Waals surface area contributed by atoms with Gasteiger partial charge in [-0.05, 0) is 42.8 Å². The van der Waals surface area contributed by atoms with Crippen LogP contribution < -0.4 is 5.32 Å². The van der Waals surface area contributed by atoms with Gasteiger partial charge in [0.05, 0.1) is 10.2 Å². The average molecular weight is 434 g/mol. The molecule has 0 unspecified atom stereocenters. The Morgan fingerprint density at radius 1 is 1.28 bits per heavy atom. The molecular formula is C14H11BrF3N5OS. The van der Waals surface area contributed by atoms with E-state index in [-0.39, 0.29) is 21.5 Å². The summed E-state index contributed by atoms with van der Waals surface area (Å²) in [6.45, 7) is 5.09. The number of nitrogens with zero attached hydrogens (tertiary/aromatic N) is 4. The fourth-order valence-electron chi connectivity index (χ4n) is 2.14. The summed E-state index contributed by atoms with van der Waals surface area (Å²) >= 11 is 4.40. The lowest BCUT2D eigenvalue weighted by atomic mass is 10.3. The van der Waals surface area contributed by atoms with E-state index in [9.17, 15) is 18.0 Å². The van der Waals surface area contributed by atoms with E-state index in [0.29, 0.717) is 9.65 Å². The summed E-state index contributed by atoms with van der Waals surface area (Å²) in [7, 11) is 0. The van der Waals surface area contributed by atoms with Crippen LogP contribution in [0.2, 0.25) is 0 Å². The predicted molar refractivity (Wildman–Crippen MR) is 90.0 cm³/mol. The van der Waals surface area contributed by atoms with Gasteiger partial charge in [0.1, 0.15) is 5.69 Å². The number of rotatable bonds is 2. The number of hydrogen-bond donors (Lipinski definition) is 1. The third-order valence-electron chi connectivity index (χ3n) is 3.42. The molecule has 1 amide bonds. The van der Waals surface area contributed by atoms with Gasteiger partial charge < -0.3 is 0 Å². The molecule has 0 aliphatic rings. The maximum atomic E-state index is 13.2. The molecular weight excluding hydrogens is 423 g/mol. The number of thiazole rings is 1. The second kappa shape index (κ2) is 6.06. The number of aromatic nitrogens is 4. The molecule has 3 rings (SSSR count). The van der Waals surface area contributed by atoms with Gasteiger partial charge in [-0.3, -0.25) is 10.1 Å². The second-order valence-corrected chi connectivity index (χ2v) is 7.29. The molecule has 0 aliphatic carbocycles. The molecule has 3 aromatic rings. The van der Waals surface area contributed by atoms with Gasteiger partial charge in [0.15, 0.2) is 16.5 Å². The molecule has 132 valence electrons. The number of halogens is 4. The van der Waals surface area contributed by atoms with Gasteiger partial charge in [0.25, 0.3) is 5.91 Å². The van der Waals surface area contributed by atoms with Crippen molar-refractivity contribution in [2.24, 2.45) is 0 Å². The monoisotopic (exact) mass is 433 g/mol. The van der Waals surface area contributed by atoms with Crippen molar-refractivity contribution in [2.45, 2.75) is 26.9 Å². The number of carbonyl (C=O) groups excluding carboxylic acids is 1. The van der Waals surface area contributed by atoms with E-state index in [0.717, 1.165) is 16.6 Å². The lowest BCUT2D eigenvalue weighted by molar-refractivity contribution is -0.142. The third-order valence-corrected chi connectivity index (χ3v) is 5.13. The van der Waals surface area contributed by atoms with E-state index in [4.69, 9.17) is 0 Å². The molecule has 0 fully saturated rings. The molecule has 0 saturated heterocycles. The maximum Gasteiger partial charge on any atom is 0.433 e. The number of nitrogens with one attached hydrogen (secondary N) is 1. The minimum atomic E-state index is -4.63. The molecule has 0 atom stereocenters. The Labute approximate surface area is 152 Å². The summed E-state index contributed by atoms with van der Waals surface area (Å²) in [5.74, 6) is -0.670. The number of hydrogen-bond acceptors (Lipinski definition) is 5. The summed E-state index contributed by atoms with van der Waals surface area (Å²) < 4.78 is 40.4. The van der Waals surface area contributed by atoms with Gasteiger partial charge >= 0.3 is 6.18 Å². The van der Waals surface area contributed by atoms with E-state index < -0.39 is 17.8 Å². The summed E-state index contributed by atoms with van der Waals surface area (Å²) in [5, 5.41) is 6.70. The Bertz CT molecular complexity index is 975. The first-order valence-corrected chi connectivity index (χ1v) is 8.57. The predicted octanol–water partition coefficient (Wildman–Crippen LogP) is 4.14. The Balaban J connectivity index is 2.08. The van der Waals surface area contributed by atoms with E-state index in [2.05, 4.69) is 36.3 Å². The molecule has 0 aliphatic heterocycles. The molecule has 11 heteroatoms. The maximum absolute atomic E-state index is 13.2. The topological polar surface area (TPSA) is 72.2 Å². The first kappa shape index (κ1) is 17.8. The van der Waals surface area contributed by atoms with Crippen LogP contribution in [-0.2, 0) is 6.18 Å². The zero-order valence-corrected chi connectivity index (χ0v) is 15.6. The van der Waals surface area contributed by atoms with Crippen molar-refractivity contribution in [3.05, 3.63) is 38.2 Å². The smallest absolute Gasteiger partial charge is 0.296 e. The van der Waals surface area contributed by atoms with Gasteiger partial charge in [0, 0.05) is 10.6 Å². The first-order chi connectivity index (χ1) is 11.6. The van der Waals surface area contributed by atoms with Crippen molar-refractivity contribution in [3.63, 3.8) is 0 Å². The van der Waals surface area contributed by atoms with Gasteiger partial charge in [-0.1, -0.05) is 0 Å². The fourth-order valence-corrected chi connectivity index (χ4v) is 3.47. The van der Waals surface area contributed by atoms with Crippen LogP contribution >= 0.6 is 27.3 Å². The SMILES string of the molecule is Cc1cc(C(F)(F)F)n2nc(C(=O)Nc3nc(C)c(C)s3)c(Br)c2n1. The quantitative estimate of drug-likeness (QED) is 0.658. The van der Waals surface area contributed by atoms with Crippen molar-refractivity contribution >= 4 is 44.0 Å². The van der Waals surface area contributed by atoms with Crippen molar-refractivity contribution in [1.82, 2.24) is 19.6 Å². The second-order valence-electron chi connectivity index (χ2n) is 5.29. The Morgan fingerprint density at radius 3 is 2.52 bits per heavy atom. The van der Waals surface area contributed by atoms with E-state index >= 15 is 0 Å². The average Bonchev–Trinajstić information content (AvgIpc) is 2.98. The molecule has 0 aromatic carbocycles. The fraction of sp³-hybridized carbons (Fsp3) is 0.286. The van der Waals surface area contributed by atoms with Crippen molar-refractivity contribution in [2.75, 3.05) is 5.32 Å². The number of aryl methyl sites for hydroxylation is 3. The normalized spacial score (nSPS) is 12.0. The molecule has 6 nitrogen and oxygen atoms in total. The van der Waals surface area contributed by atoms with E-state index in [1.54, 1.807) is 6.92 Å². The van der Waals surface area contributed by atoms with Crippen LogP contribution in [0.25, 0.3) is 5.65 Å². The molecule has 0 radical (unpaired) electrons.